The van der Waals surface area contributed by atoms with Crippen LogP contribution in [0.5, 0.6) is 5.75 Å². The summed E-state index contributed by atoms with van der Waals surface area (Å²) in [5.41, 5.74) is 6.23. The molecule has 0 aliphatic heterocycles. The largest absolute Gasteiger partial charge is 0.495 e. The number of anilines is 1. The van der Waals surface area contributed by atoms with E-state index in [1.807, 2.05) is 6.92 Å². The number of urea groups is 1. The van der Waals surface area contributed by atoms with E-state index in [1.54, 1.807) is 12.1 Å². The molecule has 0 unspecified atom stereocenters. The summed E-state index contributed by atoms with van der Waals surface area (Å²) in [6, 6.07) is 1.79. The van der Waals surface area contributed by atoms with E-state index in [1.165, 1.54) is 14.0 Å². The Morgan fingerprint density at radius 3 is 2.58 bits per heavy atom. The molecule has 0 saturated heterocycles. The number of primary amides is 1. The maximum Gasteiger partial charge on any atom is 0.312 e. The van der Waals surface area contributed by atoms with Crippen LogP contribution in [0.1, 0.15) is 12.5 Å². The van der Waals surface area contributed by atoms with Crippen molar-refractivity contribution in [1.29, 1.82) is 0 Å². The minimum absolute atomic E-state index is 0.404. The van der Waals surface area contributed by atoms with Gasteiger partial charge in [0.15, 0.2) is 0 Å². The van der Waals surface area contributed by atoms with Gasteiger partial charge in [-0.25, -0.2) is 4.79 Å². The zero-order valence-corrected chi connectivity index (χ0v) is 11.7. The van der Waals surface area contributed by atoms with Gasteiger partial charge in [0.25, 0.3) is 0 Å². The molecule has 19 heavy (non-hydrogen) atoms. The molecule has 104 valence electrons. The predicted octanol–water partition coefficient (Wildman–Crippen LogP) is 1.65. The second kappa shape index (κ2) is 6.29. The van der Waals surface area contributed by atoms with Gasteiger partial charge in [0.1, 0.15) is 11.8 Å². The smallest absolute Gasteiger partial charge is 0.312 e. The minimum atomic E-state index is -0.762. The summed E-state index contributed by atoms with van der Waals surface area (Å²) in [7, 11) is 1.47. The fraction of sp³-hybridized carbons (Fsp3) is 0.333. The maximum atomic E-state index is 11.8. The van der Waals surface area contributed by atoms with Crippen molar-refractivity contribution in [3.8, 4) is 5.75 Å². The third-order valence-electron chi connectivity index (χ3n) is 2.49. The molecule has 0 radical (unpaired) electrons. The molecule has 4 N–H and O–H groups in total. The lowest BCUT2D eigenvalue weighted by Crippen LogP contribution is -2.44. The van der Waals surface area contributed by atoms with E-state index in [0.29, 0.717) is 16.5 Å². The number of ether oxygens (including phenoxy) is 1. The van der Waals surface area contributed by atoms with Crippen molar-refractivity contribution in [2.45, 2.75) is 19.9 Å². The van der Waals surface area contributed by atoms with Crippen molar-refractivity contribution in [1.82, 2.24) is 5.32 Å². The van der Waals surface area contributed by atoms with Crippen LogP contribution in [0.2, 0.25) is 5.02 Å². The van der Waals surface area contributed by atoms with Gasteiger partial charge in [-0.05, 0) is 25.5 Å². The van der Waals surface area contributed by atoms with Gasteiger partial charge < -0.3 is 21.1 Å². The van der Waals surface area contributed by atoms with Gasteiger partial charge in [0.2, 0.25) is 5.91 Å². The fourth-order valence-electron chi connectivity index (χ4n) is 1.45. The van der Waals surface area contributed by atoms with Gasteiger partial charge in [-0.2, -0.15) is 0 Å². The van der Waals surface area contributed by atoms with E-state index in [9.17, 15) is 9.59 Å². The Labute approximate surface area is 116 Å². The first-order valence-corrected chi connectivity index (χ1v) is 5.94. The Morgan fingerprint density at radius 1 is 1.42 bits per heavy atom. The zero-order valence-electron chi connectivity index (χ0n) is 10.9. The molecular formula is C12H16ClN3O3. The number of benzene rings is 1. The molecule has 1 atom stereocenters. The molecule has 6 nitrogen and oxygen atoms in total. The average molecular weight is 286 g/mol. The van der Waals surface area contributed by atoms with Crippen molar-refractivity contribution in [3.63, 3.8) is 0 Å². The zero-order chi connectivity index (χ0) is 14.6. The first-order chi connectivity index (χ1) is 8.85. The molecular weight excluding hydrogens is 270 g/mol. The normalized spacial score (nSPS) is 11.6. The molecule has 0 aliphatic carbocycles. The van der Waals surface area contributed by atoms with Crippen molar-refractivity contribution in [2.24, 2.45) is 5.73 Å². The van der Waals surface area contributed by atoms with Crippen LogP contribution in [0, 0.1) is 6.92 Å². The van der Waals surface area contributed by atoms with Crippen LogP contribution in [0.4, 0.5) is 10.5 Å². The Kier molecular flexibility index (Phi) is 5.00. The number of aryl methyl sites for hydroxylation is 1. The van der Waals surface area contributed by atoms with Gasteiger partial charge >= 0.3 is 6.03 Å². The van der Waals surface area contributed by atoms with Gasteiger partial charge in [0, 0.05) is 11.1 Å². The highest BCUT2D eigenvalue weighted by molar-refractivity contribution is 6.31. The quantitative estimate of drug-likeness (QED) is 0.785. The third kappa shape index (κ3) is 4.03. The number of nitrogens with one attached hydrogen (secondary N) is 2. The summed E-state index contributed by atoms with van der Waals surface area (Å²) in [6.45, 7) is 3.33. The van der Waals surface area contributed by atoms with Crippen molar-refractivity contribution in [2.75, 3.05) is 12.4 Å². The highest BCUT2D eigenvalue weighted by Gasteiger charge is 2.16. The molecule has 0 heterocycles. The number of rotatable bonds is 4. The first kappa shape index (κ1) is 15.1. The van der Waals surface area contributed by atoms with Gasteiger partial charge in [-0.1, -0.05) is 11.6 Å². The molecule has 1 aromatic carbocycles. The molecule has 7 heteroatoms. The summed E-state index contributed by atoms with van der Waals surface area (Å²) in [6.07, 6.45) is 0. The van der Waals surface area contributed by atoms with Gasteiger partial charge in [-0.3, -0.25) is 4.79 Å². The van der Waals surface area contributed by atoms with Crippen LogP contribution in [0.15, 0.2) is 12.1 Å². The molecule has 0 saturated carbocycles. The minimum Gasteiger partial charge on any atom is -0.495 e. The molecule has 0 spiro atoms. The number of amides is 3. The molecule has 3 amide bonds. The molecule has 0 aliphatic rings. The van der Waals surface area contributed by atoms with E-state index >= 15 is 0 Å². The lowest BCUT2D eigenvalue weighted by molar-refractivity contribution is -0.117. The number of carbonyl (C=O) groups excluding carboxylic acids is 2. The Bertz CT molecular complexity index is 505. The summed E-state index contributed by atoms with van der Waals surface area (Å²) in [5.74, 6) is 0.0362. The standard InChI is InChI=1S/C12H16ClN3O3/c1-6-4-9(10(19-3)5-8(6)13)16-11(17)7(2)15-12(14)18/h4-5,7H,1-3H3,(H,16,17)(H3,14,15,18)/t7-/m1/s1. The van der Waals surface area contributed by atoms with Crippen LogP contribution in [0.25, 0.3) is 0 Å². The lowest BCUT2D eigenvalue weighted by atomic mass is 10.2. The fourth-order valence-corrected chi connectivity index (χ4v) is 1.60. The van der Waals surface area contributed by atoms with E-state index in [4.69, 9.17) is 22.1 Å². The summed E-state index contributed by atoms with van der Waals surface area (Å²) < 4.78 is 5.13. The van der Waals surface area contributed by atoms with E-state index in [2.05, 4.69) is 10.6 Å². The van der Waals surface area contributed by atoms with Gasteiger partial charge in [-0.15, -0.1) is 0 Å². The number of carbonyl (C=O) groups is 2. The Morgan fingerprint density at radius 2 is 2.05 bits per heavy atom. The van der Waals surface area contributed by atoms with Crippen molar-refractivity contribution >= 4 is 29.2 Å². The van der Waals surface area contributed by atoms with Crippen LogP contribution in [0.3, 0.4) is 0 Å². The monoisotopic (exact) mass is 285 g/mol. The summed E-state index contributed by atoms with van der Waals surface area (Å²) >= 11 is 5.97. The van der Waals surface area contributed by atoms with E-state index < -0.39 is 18.0 Å². The maximum absolute atomic E-state index is 11.8. The third-order valence-corrected chi connectivity index (χ3v) is 2.90. The number of methoxy groups -OCH3 is 1. The van der Waals surface area contributed by atoms with Crippen molar-refractivity contribution in [3.05, 3.63) is 22.7 Å². The molecule has 0 bridgehead atoms. The predicted molar refractivity (Wildman–Crippen MR) is 73.6 cm³/mol. The number of nitrogens with two attached hydrogens (primary N) is 1. The number of halogens is 1. The summed E-state index contributed by atoms with van der Waals surface area (Å²) in [5, 5.41) is 5.47. The first-order valence-electron chi connectivity index (χ1n) is 5.56. The van der Waals surface area contributed by atoms with Crippen LogP contribution in [-0.2, 0) is 4.79 Å². The SMILES string of the molecule is COc1cc(Cl)c(C)cc1NC(=O)[C@@H](C)NC(N)=O. The van der Waals surface area contributed by atoms with Crippen LogP contribution >= 0.6 is 11.6 Å². The van der Waals surface area contributed by atoms with Gasteiger partial charge in [0.05, 0.1) is 12.8 Å². The van der Waals surface area contributed by atoms with E-state index in [-0.39, 0.29) is 0 Å². The second-order valence-electron chi connectivity index (χ2n) is 4.02. The number of hydrogen-bond donors (Lipinski definition) is 3. The molecule has 1 rings (SSSR count). The molecule has 0 aromatic heterocycles. The Hall–Kier alpha value is -1.95. The lowest BCUT2D eigenvalue weighted by Gasteiger charge is -2.15. The topological polar surface area (TPSA) is 93.4 Å². The van der Waals surface area contributed by atoms with Crippen molar-refractivity contribution < 1.29 is 14.3 Å². The number of hydrogen-bond acceptors (Lipinski definition) is 3. The highest BCUT2D eigenvalue weighted by Crippen LogP contribution is 2.30. The van der Waals surface area contributed by atoms with Crippen LogP contribution < -0.4 is 21.1 Å². The second-order valence-corrected chi connectivity index (χ2v) is 4.43. The van der Waals surface area contributed by atoms with E-state index in [0.717, 1.165) is 5.56 Å². The van der Waals surface area contributed by atoms with Crippen LogP contribution in [-0.4, -0.2) is 25.1 Å². The highest BCUT2D eigenvalue weighted by atomic mass is 35.5. The summed E-state index contributed by atoms with van der Waals surface area (Å²) in [4.78, 5) is 22.5. The Balaban J connectivity index is 2.90. The molecule has 0 fully saturated rings. The average Bonchev–Trinajstić information content (AvgIpc) is 2.32. The molecule has 1 aromatic rings.